The molecule has 0 atom stereocenters. The molecule has 2 heteroatoms. The van der Waals surface area contributed by atoms with Crippen molar-refractivity contribution >= 4 is 0 Å². The van der Waals surface area contributed by atoms with Crippen LogP contribution in [0.25, 0.3) is 0 Å². The summed E-state index contributed by atoms with van der Waals surface area (Å²) in [5, 5.41) is 8.83. The minimum Gasteiger partial charge on any atom is -0.393 e. The van der Waals surface area contributed by atoms with Crippen molar-refractivity contribution in [1.29, 1.82) is 0 Å². The summed E-state index contributed by atoms with van der Waals surface area (Å²) < 4.78 is 4.98. The van der Waals surface area contributed by atoms with Gasteiger partial charge >= 0.3 is 0 Å². The van der Waals surface area contributed by atoms with Crippen LogP contribution in [0, 0.1) is 0 Å². The molecule has 0 aromatic carbocycles. The Kier molecular flexibility index (Phi) is 5.99. The van der Waals surface area contributed by atoms with Crippen LogP contribution in [-0.2, 0) is 4.74 Å². The lowest BCUT2D eigenvalue weighted by Crippen LogP contribution is -2.19. The van der Waals surface area contributed by atoms with Gasteiger partial charge in [0.05, 0.1) is 6.10 Å². The monoisotopic (exact) mass is 132 g/mol. The van der Waals surface area contributed by atoms with Gasteiger partial charge in [-0.1, -0.05) is 13.8 Å². The zero-order valence-electron chi connectivity index (χ0n) is 6.26. The normalized spacial score (nSPS) is 20.3. The first-order valence-electron chi connectivity index (χ1n) is 3.65. The second-order valence-corrected chi connectivity index (χ2v) is 1.84. The first-order valence-corrected chi connectivity index (χ1v) is 3.65. The Morgan fingerprint density at radius 1 is 1.22 bits per heavy atom. The van der Waals surface area contributed by atoms with E-state index in [4.69, 9.17) is 9.84 Å². The van der Waals surface area contributed by atoms with Crippen LogP contribution in [0.3, 0.4) is 0 Å². The van der Waals surface area contributed by atoms with Crippen molar-refractivity contribution in [2.75, 3.05) is 13.2 Å². The zero-order valence-corrected chi connectivity index (χ0v) is 6.26. The Balaban J connectivity index is 0.000000291. The average Bonchev–Trinajstić information content (AvgIpc) is 1.94. The minimum atomic E-state index is -0.0891. The number of ether oxygens (including phenoxy) is 1. The van der Waals surface area contributed by atoms with E-state index in [2.05, 4.69) is 0 Å². The number of rotatable bonds is 0. The lowest BCUT2D eigenvalue weighted by atomic mass is 10.2. The Morgan fingerprint density at radius 3 is 1.89 bits per heavy atom. The van der Waals surface area contributed by atoms with Crippen molar-refractivity contribution in [2.45, 2.75) is 32.8 Å². The van der Waals surface area contributed by atoms with Gasteiger partial charge in [0, 0.05) is 13.2 Å². The molecule has 1 aliphatic rings. The van der Waals surface area contributed by atoms with Crippen molar-refractivity contribution < 1.29 is 9.84 Å². The summed E-state index contributed by atoms with van der Waals surface area (Å²) in [6, 6.07) is 0. The lowest BCUT2D eigenvalue weighted by molar-refractivity contribution is 0.0140. The summed E-state index contributed by atoms with van der Waals surface area (Å²) in [4.78, 5) is 0. The Labute approximate surface area is 56.8 Å². The van der Waals surface area contributed by atoms with Crippen molar-refractivity contribution in [3.63, 3.8) is 0 Å². The molecule has 0 aromatic heterocycles. The molecule has 1 saturated heterocycles. The number of hydrogen-bond acceptors (Lipinski definition) is 2. The van der Waals surface area contributed by atoms with Crippen LogP contribution in [0.15, 0.2) is 0 Å². The summed E-state index contributed by atoms with van der Waals surface area (Å²) in [5.74, 6) is 0. The Morgan fingerprint density at radius 2 is 1.67 bits per heavy atom. The van der Waals surface area contributed by atoms with E-state index in [-0.39, 0.29) is 6.10 Å². The van der Waals surface area contributed by atoms with Crippen molar-refractivity contribution in [2.24, 2.45) is 0 Å². The number of aliphatic hydroxyl groups is 1. The molecule has 1 aliphatic heterocycles. The predicted octanol–water partition coefficient (Wildman–Crippen LogP) is 1.18. The van der Waals surface area contributed by atoms with Crippen molar-refractivity contribution in [3.05, 3.63) is 0 Å². The van der Waals surface area contributed by atoms with Gasteiger partial charge in [0.1, 0.15) is 0 Å². The highest BCUT2D eigenvalue weighted by molar-refractivity contribution is 4.58. The molecular formula is C7H16O2. The summed E-state index contributed by atoms with van der Waals surface area (Å²) >= 11 is 0. The second kappa shape index (κ2) is 6.05. The maximum atomic E-state index is 8.83. The lowest BCUT2D eigenvalue weighted by Gasteiger charge is -2.15. The largest absolute Gasteiger partial charge is 0.393 e. The molecule has 0 aromatic rings. The third-order valence-corrected chi connectivity index (χ3v) is 1.19. The molecule has 0 aliphatic carbocycles. The van der Waals surface area contributed by atoms with Crippen LogP contribution in [0.2, 0.25) is 0 Å². The van der Waals surface area contributed by atoms with Gasteiger partial charge in [-0.2, -0.15) is 0 Å². The van der Waals surface area contributed by atoms with Gasteiger partial charge in [0.25, 0.3) is 0 Å². The van der Waals surface area contributed by atoms with Gasteiger partial charge in [-0.3, -0.25) is 0 Å². The molecular weight excluding hydrogens is 116 g/mol. The summed E-state index contributed by atoms with van der Waals surface area (Å²) in [6.45, 7) is 5.47. The van der Waals surface area contributed by atoms with Gasteiger partial charge in [0.2, 0.25) is 0 Å². The molecule has 9 heavy (non-hydrogen) atoms. The topological polar surface area (TPSA) is 29.5 Å². The molecule has 0 unspecified atom stereocenters. The molecule has 1 heterocycles. The summed E-state index contributed by atoms with van der Waals surface area (Å²) in [7, 11) is 0. The minimum absolute atomic E-state index is 0.0891. The third-order valence-electron chi connectivity index (χ3n) is 1.19. The fourth-order valence-electron chi connectivity index (χ4n) is 0.685. The quantitative estimate of drug-likeness (QED) is 0.536. The van der Waals surface area contributed by atoms with E-state index >= 15 is 0 Å². The molecule has 2 nitrogen and oxygen atoms in total. The highest BCUT2D eigenvalue weighted by atomic mass is 16.5. The Hall–Kier alpha value is -0.0800. The van der Waals surface area contributed by atoms with E-state index in [1.807, 2.05) is 13.8 Å². The van der Waals surface area contributed by atoms with Crippen molar-refractivity contribution in [1.82, 2.24) is 0 Å². The van der Waals surface area contributed by atoms with Crippen LogP contribution in [-0.4, -0.2) is 24.4 Å². The van der Waals surface area contributed by atoms with E-state index in [1.54, 1.807) is 0 Å². The standard InChI is InChI=1S/C5H10O2.C2H6/c6-5-1-3-7-4-2-5;1-2/h5-6H,1-4H2;1-2H3. The highest BCUT2D eigenvalue weighted by Gasteiger charge is 2.07. The molecule has 0 bridgehead atoms. The van der Waals surface area contributed by atoms with E-state index < -0.39 is 0 Å². The predicted molar refractivity (Wildman–Crippen MR) is 37.4 cm³/mol. The van der Waals surface area contributed by atoms with E-state index in [9.17, 15) is 0 Å². The molecule has 1 rings (SSSR count). The Bertz CT molecular complexity index is 48.9. The van der Waals surface area contributed by atoms with Crippen LogP contribution >= 0.6 is 0 Å². The molecule has 1 fully saturated rings. The molecule has 0 spiro atoms. The third kappa shape index (κ3) is 4.43. The van der Waals surface area contributed by atoms with Gasteiger partial charge in [-0.05, 0) is 12.8 Å². The van der Waals surface area contributed by atoms with Gasteiger partial charge in [-0.15, -0.1) is 0 Å². The van der Waals surface area contributed by atoms with Crippen LogP contribution in [0.5, 0.6) is 0 Å². The first-order chi connectivity index (χ1) is 4.39. The van der Waals surface area contributed by atoms with Crippen LogP contribution < -0.4 is 0 Å². The molecule has 56 valence electrons. The zero-order chi connectivity index (χ0) is 7.11. The fourth-order valence-corrected chi connectivity index (χ4v) is 0.685. The number of aliphatic hydroxyl groups excluding tert-OH is 1. The SMILES string of the molecule is CC.OC1CCOCC1. The van der Waals surface area contributed by atoms with Gasteiger partial charge in [0.15, 0.2) is 0 Å². The maximum Gasteiger partial charge on any atom is 0.0584 e. The van der Waals surface area contributed by atoms with E-state index in [0.29, 0.717) is 0 Å². The molecule has 0 saturated carbocycles. The average molecular weight is 132 g/mol. The number of hydrogen-bond donors (Lipinski definition) is 1. The fraction of sp³-hybridized carbons (Fsp3) is 1.00. The smallest absolute Gasteiger partial charge is 0.0584 e. The van der Waals surface area contributed by atoms with Gasteiger partial charge in [-0.25, -0.2) is 0 Å². The van der Waals surface area contributed by atoms with E-state index in [0.717, 1.165) is 26.1 Å². The second-order valence-electron chi connectivity index (χ2n) is 1.84. The van der Waals surface area contributed by atoms with Crippen LogP contribution in [0.1, 0.15) is 26.7 Å². The van der Waals surface area contributed by atoms with Crippen LogP contribution in [0.4, 0.5) is 0 Å². The summed E-state index contributed by atoms with van der Waals surface area (Å²) in [6.07, 6.45) is 1.55. The maximum absolute atomic E-state index is 8.83. The molecule has 0 radical (unpaired) electrons. The first kappa shape index (κ1) is 8.92. The molecule has 0 amide bonds. The van der Waals surface area contributed by atoms with Crippen molar-refractivity contribution in [3.8, 4) is 0 Å². The summed E-state index contributed by atoms with van der Waals surface area (Å²) in [5.41, 5.74) is 0. The van der Waals surface area contributed by atoms with Gasteiger partial charge < -0.3 is 9.84 Å². The molecule has 1 N–H and O–H groups in total. The highest BCUT2D eigenvalue weighted by Crippen LogP contribution is 2.04. The van der Waals surface area contributed by atoms with E-state index in [1.165, 1.54) is 0 Å².